The number of nitrogens with zero attached hydrogens (tertiary/aromatic N) is 1. The Bertz CT molecular complexity index is 1040. The van der Waals surface area contributed by atoms with Crippen molar-refractivity contribution < 1.29 is 17.9 Å². The van der Waals surface area contributed by atoms with Crippen LogP contribution in [0, 0.1) is 0 Å². The average molecular weight is 359 g/mol. The van der Waals surface area contributed by atoms with Crippen LogP contribution in [0.3, 0.4) is 0 Å². The molecule has 3 rings (SSSR count). The molecule has 0 fully saturated rings. The maximum Gasteiger partial charge on any atom is 0.336 e. The molecule has 0 aliphatic heterocycles. The van der Waals surface area contributed by atoms with E-state index in [0.29, 0.717) is 16.7 Å². The second-order valence-corrected chi connectivity index (χ2v) is 7.54. The van der Waals surface area contributed by atoms with Crippen molar-refractivity contribution in [2.24, 2.45) is 0 Å². The lowest BCUT2D eigenvalue weighted by Crippen LogP contribution is -2.36. The van der Waals surface area contributed by atoms with E-state index in [1.807, 2.05) is 0 Å². The van der Waals surface area contributed by atoms with Gasteiger partial charge in [-0.1, -0.05) is 18.2 Å². The van der Waals surface area contributed by atoms with Crippen molar-refractivity contribution in [3.63, 3.8) is 0 Å². The molecule has 0 bridgehead atoms. The summed E-state index contributed by atoms with van der Waals surface area (Å²) in [5, 5.41) is 10.2. The van der Waals surface area contributed by atoms with Crippen LogP contribution in [0.5, 0.6) is 0 Å². The molecule has 6 nitrogen and oxygen atoms in total. The second-order valence-electron chi connectivity index (χ2n) is 5.67. The third kappa shape index (κ3) is 3.57. The normalized spacial score (nSPS) is 12.9. The van der Waals surface area contributed by atoms with Gasteiger partial charge in [0.25, 0.3) is 10.0 Å². The molecule has 1 N–H and O–H groups in total. The molecule has 3 aromatic rings. The summed E-state index contributed by atoms with van der Waals surface area (Å²) in [5.74, 6) is 0. The molecule has 1 heterocycles. The first-order valence-electron chi connectivity index (χ1n) is 7.68. The fourth-order valence-electron chi connectivity index (χ4n) is 2.51. The lowest BCUT2D eigenvalue weighted by molar-refractivity contribution is 0.204. The first-order chi connectivity index (χ1) is 11.9. The molecule has 0 aliphatic rings. The third-order valence-corrected chi connectivity index (χ3v) is 5.44. The highest BCUT2D eigenvalue weighted by molar-refractivity contribution is 7.92. The van der Waals surface area contributed by atoms with Crippen molar-refractivity contribution in [2.75, 3.05) is 10.8 Å². The quantitative estimate of drug-likeness (QED) is 0.707. The number of aliphatic hydroxyl groups excluding tert-OH is 1. The zero-order valence-electron chi connectivity index (χ0n) is 13.5. The minimum atomic E-state index is -3.90. The fourth-order valence-corrected chi connectivity index (χ4v) is 4.10. The minimum Gasteiger partial charge on any atom is -0.423 e. The molecule has 1 aromatic heterocycles. The molecule has 0 saturated heterocycles. The largest absolute Gasteiger partial charge is 0.423 e. The summed E-state index contributed by atoms with van der Waals surface area (Å²) in [6.45, 7) is 1.45. The van der Waals surface area contributed by atoms with Crippen LogP contribution in [0.1, 0.15) is 6.92 Å². The van der Waals surface area contributed by atoms with Crippen molar-refractivity contribution in [3.05, 3.63) is 71.1 Å². The van der Waals surface area contributed by atoms with Crippen LogP contribution in [-0.2, 0) is 10.0 Å². The van der Waals surface area contributed by atoms with E-state index < -0.39 is 21.8 Å². The van der Waals surface area contributed by atoms with Crippen LogP contribution in [0.25, 0.3) is 11.0 Å². The molecule has 0 aliphatic carbocycles. The number of benzene rings is 2. The van der Waals surface area contributed by atoms with Gasteiger partial charge in [0.05, 0.1) is 23.2 Å². The highest BCUT2D eigenvalue weighted by Gasteiger charge is 2.26. The van der Waals surface area contributed by atoms with Crippen LogP contribution in [0.4, 0.5) is 5.69 Å². The van der Waals surface area contributed by atoms with Gasteiger partial charge in [0.1, 0.15) is 5.58 Å². The average Bonchev–Trinajstić information content (AvgIpc) is 2.59. The minimum absolute atomic E-state index is 0.0540. The molecule has 7 heteroatoms. The van der Waals surface area contributed by atoms with Gasteiger partial charge in [-0.25, -0.2) is 13.2 Å². The predicted octanol–water partition coefficient (Wildman–Crippen LogP) is 2.37. The Kier molecular flexibility index (Phi) is 4.61. The highest BCUT2D eigenvalue weighted by atomic mass is 32.2. The maximum atomic E-state index is 13.1. The van der Waals surface area contributed by atoms with E-state index in [0.717, 1.165) is 4.31 Å². The molecule has 0 radical (unpaired) electrons. The monoisotopic (exact) mass is 359 g/mol. The molecule has 0 spiro atoms. The van der Waals surface area contributed by atoms with Crippen molar-refractivity contribution in [2.45, 2.75) is 17.9 Å². The van der Waals surface area contributed by atoms with E-state index in [9.17, 15) is 18.3 Å². The molecular formula is C18H17NO5S. The molecule has 0 unspecified atom stereocenters. The van der Waals surface area contributed by atoms with Crippen molar-refractivity contribution in [1.29, 1.82) is 0 Å². The summed E-state index contributed by atoms with van der Waals surface area (Å²) >= 11 is 0. The van der Waals surface area contributed by atoms with Gasteiger partial charge in [0, 0.05) is 11.5 Å². The van der Waals surface area contributed by atoms with Gasteiger partial charge >= 0.3 is 5.63 Å². The molecule has 1 atom stereocenters. The Hall–Kier alpha value is -2.64. The first kappa shape index (κ1) is 17.2. The molecule has 2 aromatic carbocycles. The molecule has 0 amide bonds. The number of fused-ring (bicyclic) bond motifs is 1. The number of hydrogen-bond acceptors (Lipinski definition) is 5. The Morgan fingerprint density at radius 2 is 1.80 bits per heavy atom. The zero-order valence-corrected chi connectivity index (χ0v) is 14.3. The standard InChI is InChI=1S/C18H17NO5S/c1-13(20)12-19(15-5-3-2-4-6-15)25(22,23)16-8-9-17-14(11-16)7-10-18(21)24-17/h2-11,13,20H,12H2,1H3/t13-/m1/s1. The number of sulfonamides is 1. The fraction of sp³-hybridized carbons (Fsp3) is 0.167. The van der Waals surface area contributed by atoms with Gasteiger partial charge in [-0.15, -0.1) is 0 Å². The SMILES string of the molecule is C[C@@H](O)CN(c1ccccc1)S(=O)(=O)c1ccc2oc(=O)ccc2c1. The van der Waals surface area contributed by atoms with Gasteiger partial charge in [-0.3, -0.25) is 4.31 Å². The van der Waals surface area contributed by atoms with Gasteiger partial charge in [0.15, 0.2) is 0 Å². The Morgan fingerprint density at radius 3 is 2.48 bits per heavy atom. The zero-order chi connectivity index (χ0) is 18.0. The number of anilines is 1. The van der Waals surface area contributed by atoms with E-state index in [2.05, 4.69) is 0 Å². The predicted molar refractivity (Wildman–Crippen MR) is 95.1 cm³/mol. The number of aliphatic hydroxyl groups is 1. The lowest BCUT2D eigenvalue weighted by atomic mass is 10.2. The summed E-state index contributed by atoms with van der Waals surface area (Å²) in [6, 6.07) is 15.6. The van der Waals surface area contributed by atoms with E-state index in [1.54, 1.807) is 30.3 Å². The summed E-state index contributed by atoms with van der Waals surface area (Å²) in [7, 11) is -3.90. The van der Waals surface area contributed by atoms with Gasteiger partial charge in [0.2, 0.25) is 0 Å². The molecule has 25 heavy (non-hydrogen) atoms. The van der Waals surface area contributed by atoms with Crippen LogP contribution in [0.2, 0.25) is 0 Å². The Balaban J connectivity index is 2.11. The van der Waals surface area contributed by atoms with Crippen LogP contribution < -0.4 is 9.93 Å². The molecule has 130 valence electrons. The summed E-state index contributed by atoms with van der Waals surface area (Å²) in [4.78, 5) is 11.3. The molecular weight excluding hydrogens is 342 g/mol. The van der Waals surface area contributed by atoms with E-state index in [1.165, 1.54) is 37.3 Å². The van der Waals surface area contributed by atoms with Crippen LogP contribution in [-0.4, -0.2) is 26.2 Å². The number of hydrogen-bond donors (Lipinski definition) is 1. The van der Waals surface area contributed by atoms with E-state index >= 15 is 0 Å². The van der Waals surface area contributed by atoms with Crippen LogP contribution in [0.15, 0.2) is 74.8 Å². The Labute approximate surface area is 145 Å². The number of rotatable bonds is 5. The topological polar surface area (TPSA) is 87.8 Å². The first-order valence-corrected chi connectivity index (χ1v) is 9.12. The van der Waals surface area contributed by atoms with Crippen LogP contribution >= 0.6 is 0 Å². The smallest absolute Gasteiger partial charge is 0.336 e. The second kappa shape index (κ2) is 6.70. The third-order valence-electron chi connectivity index (χ3n) is 3.65. The molecule has 0 saturated carbocycles. The summed E-state index contributed by atoms with van der Waals surface area (Å²) < 4.78 is 32.4. The van der Waals surface area contributed by atoms with Crippen molar-refractivity contribution in [1.82, 2.24) is 0 Å². The Morgan fingerprint density at radius 1 is 1.08 bits per heavy atom. The maximum absolute atomic E-state index is 13.1. The highest BCUT2D eigenvalue weighted by Crippen LogP contribution is 2.26. The van der Waals surface area contributed by atoms with Gasteiger partial charge < -0.3 is 9.52 Å². The number of para-hydroxylation sites is 1. The van der Waals surface area contributed by atoms with E-state index in [4.69, 9.17) is 4.42 Å². The summed E-state index contributed by atoms with van der Waals surface area (Å²) in [5.41, 5.74) is 0.277. The van der Waals surface area contributed by atoms with Gasteiger partial charge in [-0.2, -0.15) is 0 Å². The summed E-state index contributed by atoms with van der Waals surface area (Å²) in [6.07, 6.45) is -0.839. The van der Waals surface area contributed by atoms with Gasteiger partial charge in [-0.05, 0) is 43.3 Å². The lowest BCUT2D eigenvalue weighted by Gasteiger charge is -2.25. The van der Waals surface area contributed by atoms with E-state index in [-0.39, 0.29) is 11.4 Å². The van der Waals surface area contributed by atoms with Crippen molar-refractivity contribution in [3.8, 4) is 0 Å². The van der Waals surface area contributed by atoms with Crippen molar-refractivity contribution >= 4 is 26.7 Å².